The van der Waals surface area contributed by atoms with Crippen molar-refractivity contribution >= 4 is 21.3 Å². The van der Waals surface area contributed by atoms with Crippen LogP contribution >= 0.6 is 0 Å². The molecule has 0 fully saturated rings. The standard InChI is InChI=1S/C13H15N3O2S/c1-19(17,18)12-6-3-7-15-13(12)16-9-10-4-2-5-11(14)8-10/h2-8H,9,14H2,1H3,(H,15,16). The third kappa shape index (κ3) is 3.45. The molecule has 0 saturated carbocycles. The average molecular weight is 277 g/mol. The number of hydrogen-bond donors (Lipinski definition) is 2. The highest BCUT2D eigenvalue weighted by atomic mass is 32.2. The average Bonchev–Trinajstić information content (AvgIpc) is 2.36. The van der Waals surface area contributed by atoms with Gasteiger partial charge < -0.3 is 11.1 Å². The zero-order chi connectivity index (χ0) is 13.9. The number of nitrogen functional groups attached to an aromatic ring is 1. The SMILES string of the molecule is CS(=O)(=O)c1cccnc1NCc1cccc(N)c1. The Balaban J connectivity index is 2.21. The van der Waals surface area contributed by atoms with Gasteiger partial charge in [0.1, 0.15) is 10.7 Å². The van der Waals surface area contributed by atoms with Crippen LogP contribution in [0.4, 0.5) is 11.5 Å². The zero-order valence-corrected chi connectivity index (χ0v) is 11.3. The molecule has 100 valence electrons. The fraction of sp³-hybridized carbons (Fsp3) is 0.154. The van der Waals surface area contributed by atoms with Gasteiger partial charge in [-0.15, -0.1) is 0 Å². The van der Waals surface area contributed by atoms with Crippen LogP contribution in [0.3, 0.4) is 0 Å². The van der Waals surface area contributed by atoms with Gasteiger partial charge in [0.05, 0.1) is 0 Å². The van der Waals surface area contributed by atoms with Crippen molar-refractivity contribution in [2.45, 2.75) is 11.4 Å². The summed E-state index contributed by atoms with van der Waals surface area (Å²) in [5, 5.41) is 3.02. The summed E-state index contributed by atoms with van der Waals surface area (Å²) in [5.74, 6) is 0.354. The molecular weight excluding hydrogens is 262 g/mol. The number of aromatic nitrogens is 1. The number of pyridine rings is 1. The molecule has 0 aliphatic carbocycles. The van der Waals surface area contributed by atoms with E-state index in [0.717, 1.165) is 11.8 Å². The Morgan fingerprint density at radius 2 is 2.05 bits per heavy atom. The van der Waals surface area contributed by atoms with E-state index in [1.165, 1.54) is 6.07 Å². The Morgan fingerprint density at radius 3 is 2.74 bits per heavy atom. The molecular formula is C13H15N3O2S. The number of nitrogens with zero attached hydrogens (tertiary/aromatic N) is 1. The number of sulfone groups is 1. The van der Waals surface area contributed by atoms with Gasteiger partial charge in [0, 0.05) is 24.7 Å². The van der Waals surface area contributed by atoms with Crippen LogP contribution in [0.5, 0.6) is 0 Å². The molecule has 0 spiro atoms. The van der Waals surface area contributed by atoms with Gasteiger partial charge in [-0.25, -0.2) is 13.4 Å². The lowest BCUT2D eigenvalue weighted by atomic mass is 10.2. The molecule has 0 saturated heterocycles. The van der Waals surface area contributed by atoms with Crippen molar-refractivity contribution in [1.29, 1.82) is 0 Å². The van der Waals surface area contributed by atoms with Crippen molar-refractivity contribution in [1.82, 2.24) is 4.98 Å². The second kappa shape index (κ2) is 5.27. The molecule has 0 atom stereocenters. The van der Waals surface area contributed by atoms with Crippen molar-refractivity contribution < 1.29 is 8.42 Å². The highest BCUT2D eigenvalue weighted by Gasteiger charge is 2.13. The van der Waals surface area contributed by atoms with Crippen molar-refractivity contribution in [3.05, 3.63) is 48.2 Å². The Morgan fingerprint density at radius 1 is 1.26 bits per heavy atom. The van der Waals surface area contributed by atoms with Gasteiger partial charge in [-0.1, -0.05) is 12.1 Å². The maximum absolute atomic E-state index is 11.6. The molecule has 19 heavy (non-hydrogen) atoms. The molecule has 0 aliphatic heterocycles. The molecule has 1 aromatic carbocycles. The molecule has 0 aliphatic rings. The van der Waals surface area contributed by atoms with E-state index in [1.54, 1.807) is 18.3 Å². The maximum Gasteiger partial charge on any atom is 0.179 e. The first-order valence-corrected chi connectivity index (χ1v) is 7.59. The van der Waals surface area contributed by atoms with E-state index in [-0.39, 0.29) is 4.90 Å². The van der Waals surface area contributed by atoms with E-state index in [2.05, 4.69) is 10.3 Å². The summed E-state index contributed by atoms with van der Waals surface area (Å²) in [6, 6.07) is 10.5. The van der Waals surface area contributed by atoms with Crippen LogP contribution in [-0.2, 0) is 16.4 Å². The largest absolute Gasteiger partial charge is 0.399 e. The van der Waals surface area contributed by atoms with Gasteiger partial charge in [0.15, 0.2) is 9.84 Å². The smallest absolute Gasteiger partial charge is 0.179 e. The molecule has 0 radical (unpaired) electrons. The van der Waals surface area contributed by atoms with Crippen LogP contribution in [0, 0.1) is 0 Å². The minimum atomic E-state index is -3.30. The Kier molecular flexibility index (Phi) is 3.71. The minimum absolute atomic E-state index is 0.193. The molecule has 6 heteroatoms. The Bertz CT molecular complexity index is 684. The molecule has 0 unspecified atom stereocenters. The predicted molar refractivity (Wildman–Crippen MR) is 75.5 cm³/mol. The molecule has 2 rings (SSSR count). The summed E-state index contributed by atoms with van der Waals surface area (Å²) >= 11 is 0. The normalized spacial score (nSPS) is 11.2. The van der Waals surface area contributed by atoms with Crippen molar-refractivity contribution in [2.24, 2.45) is 0 Å². The Hall–Kier alpha value is -2.08. The molecule has 0 bridgehead atoms. The summed E-state index contributed by atoms with van der Waals surface area (Å²) in [4.78, 5) is 4.25. The van der Waals surface area contributed by atoms with Gasteiger partial charge >= 0.3 is 0 Å². The third-order valence-electron chi connectivity index (χ3n) is 2.58. The summed E-state index contributed by atoms with van der Waals surface area (Å²) in [6.07, 6.45) is 2.71. The highest BCUT2D eigenvalue weighted by Crippen LogP contribution is 2.18. The molecule has 3 N–H and O–H groups in total. The second-order valence-electron chi connectivity index (χ2n) is 4.22. The second-order valence-corrected chi connectivity index (χ2v) is 6.21. The van der Waals surface area contributed by atoms with Crippen LogP contribution in [0.25, 0.3) is 0 Å². The van der Waals surface area contributed by atoms with Crippen molar-refractivity contribution in [2.75, 3.05) is 17.3 Å². The number of rotatable bonds is 4. The van der Waals surface area contributed by atoms with Crippen LogP contribution in [0.2, 0.25) is 0 Å². The number of hydrogen-bond acceptors (Lipinski definition) is 5. The van der Waals surface area contributed by atoms with E-state index in [9.17, 15) is 8.42 Å². The number of benzene rings is 1. The monoisotopic (exact) mass is 277 g/mol. The topological polar surface area (TPSA) is 85.1 Å². The van der Waals surface area contributed by atoms with Crippen LogP contribution in [-0.4, -0.2) is 19.7 Å². The van der Waals surface area contributed by atoms with Gasteiger partial charge in [-0.2, -0.15) is 0 Å². The van der Waals surface area contributed by atoms with Crippen LogP contribution in [0.15, 0.2) is 47.5 Å². The van der Waals surface area contributed by atoms with Crippen molar-refractivity contribution in [3.63, 3.8) is 0 Å². The first-order valence-electron chi connectivity index (χ1n) is 5.70. The molecule has 5 nitrogen and oxygen atoms in total. The zero-order valence-electron chi connectivity index (χ0n) is 10.5. The molecule has 1 aromatic heterocycles. The van der Waals surface area contributed by atoms with E-state index in [1.807, 2.05) is 18.2 Å². The molecule has 0 amide bonds. The van der Waals surface area contributed by atoms with Gasteiger partial charge in [-0.05, 0) is 29.8 Å². The first kappa shape index (κ1) is 13.4. The summed E-state index contributed by atoms with van der Waals surface area (Å²) in [6.45, 7) is 0.463. The van der Waals surface area contributed by atoms with Gasteiger partial charge in [0.25, 0.3) is 0 Å². The maximum atomic E-state index is 11.6. The van der Waals surface area contributed by atoms with E-state index in [0.29, 0.717) is 18.1 Å². The van der Waals surface area contributed by atoms with Crippen LogP contribution < -0.4 is 11.1 Å². The van der Waals surface area contributed by atoms with E-state index < -0.39 is 9.84 Å². The Labute approximate surface area is 112 Å². The fourth-order valence-corrected chi connectivity index (χ4v) is 2.51. The number of anilines is 2. The lowest BCUT2D eigenvalue weighted by Gasteiger charge is -2.09. The predicted octanol–water partition coefficient (Wildman–Crippen LogP) is 1.68. The third-order valence-corrected chi connectivity index (χ3v) is 3.71. The summed E-state index contributed by atoms with van der Waals surface area (Å²) in [5.41, 5.74) is 7.32. The molecule has 1 heterocycles. The van der Waals surface area contributed by atoms with Crippen molar-refractivity contribution in [3.8, 4) is 0 Å². The molecule has 2 aromatic rings. The highest BCUT2D eigenvalue weighted by molar-refractivity contribution is 7.90. The lowest BCUT2D eigenvalue weighted by Crippen LogP contribution is -2.08. The fourth-order valence-electron chi connectivity index (χ4n) is 1.71. The van der Waals surface area contributed by atoms with Gasteiger partial charge in [0.2, 0.25) is 0 Å². The van der Waals surface area contributed by atoms with Gasteiger partial charge in [-0.3, -0.25) is 0 Å². The van der Waals surface area contributed by atoms with E-state index >= 15 is 0 Å². The number of nitrogens with two attached hydrogens (primary N) is 1. The lowest BCUT2D eigenvalue weighted by molar-refractivity contribution is 0.601. The minimum Gasteiger partial charge on any atom is -0.399 e. The van der Waals surface area contributed by atoms with Crippen LogP contribution in [0.1, 0.15) is 5.56 Å². The number of nitrogens with one attached hydrogen (secondary N) is 1. The first-order chi connectivity index (χ1) is 8.97. The summed E-state index contributed by atoms with van der Waals surface area (Å²) in [7, 11) is -3.30. The quantitative estimate of drug-likeness (QED) is 0.830. The summed E-state index contributed by atoms with van der Waals surface area (Å²) < 4.78 is 23.2. The van der Waals surface area contributed by atoms with E-state index in [4.69, 9.17) is 5.73 Å².